The van der Waals surface area contributed by atoms with Crippen molar-refractivity contribution in [1.82, 2.24) is 0 Å². The van der Waals surface area contributed by atoms with Gasteiger partial charge in [0.25, 0.3) is 0 Å². The molecule has 0 rings (SSSR count). The molecule has 0 N–H and O–H groups in total. The Labute approximate surface area is 80.2 Å². The van der Waals surface area contributed by atoms with Gasteiger partial charge in [-0.15, -0.1) is 0 Å². The maximum absolute atomic E-state index is 5.02. The lowest BCUT2D eigenvalue weighted by Crippen LogP contribution is -2.11. The fourth-order valence-electron chi connectivity index (χ4n) is 0.814. The molecular weight excluding hydrogens is 164 g/mol. The van der Waals surface area contributed by atoms with E-state index in [0.29, 0.717) is 0 Å². The predicted octanol–water partition coefficient (Wildman–Crippen LogP) is 2.13. The molecule has 0 fully saturated rings. The van der Waals surface area contributed by atoms with Crippen LogP contribution in [0.3, 0.4) is 0 Å². The minimum absolute atomic E-state index is 0.114. The van der Waals surface area contributed by atoms with Gasteiger partial charge in [-0.3, -0.25) is 0 Å². The van der Waals surface area contributed by atoms with Gasteiger partial charge in [-0.1, -0.05) is 24.5 Å². The van der Waals surface area contributed by atoms with Crippen LogP contribution in [0.15, 0.2) is 24.8 Å². The number of rotatable bonds is 5. The van der Waals surface area contributed by atoms with Crippen LogP contribution in [-0.2, 0) is 9.47 Å². The fraction of sp³-hybridized carbons (Fsp3) is 0.455. The molecule has 0 aromatic rings. The van der Waals surface area contributed by atoms with Gasteiger partial charge in [-0.05, 0) is 18.6 Å². The molecule has 0 unspecified atom stereocenters. The quantitative estimate of drug-likeness (QED) is 0.476. The average Bonchev–Trinajstić information content (AvgIpc) is 2.17. The Morgan fingerprint density at radius 2 is 2.00 bits per heavy atom. The average molecular weight is 180 g/mol. The number of hydrogen-bond donors (Lipinski definition) is 0. The molecule has 0 bridgehead atoms. The summed E-state index contributed by atoms with van der Waals surface area (Å²) in [5.74, 6) is 5.54. The Morgan fingerprint density at radius 1 is 1.31 bits per heavy atom. The zero-order chi connectivity index (χ0) is 9.94. The van der Waals surface area contributed by atoms with Crippen LogP contribution in [0.5, 0.6) is 0 Å². The van der Waals surface area contributed by atoms with Crippen LogP contribution in [0, 0.1) is 11.8 Å². The number of allylic oxidation sites excluding steroid dienone is 3. The highest BCUT2D eigenvalue weighted by molar-refractivity contribution is 5.21. The molecule has 0 heterocycles. The van der Waals surface area contributed by atoms with Gasteiger partial charge >= 0.3 is 0 Å². The van der Waals surface area contributed by atoms with E-state index in [0.717, 1.165) is 12.8 Å². The zero-order valence-corrected chi connectivity index (χ0v) is 8.25. The smallest absolute Gasteiger partial charge is 0.157 e. The molecule has 0 saturated heterocycles. The Morgan fingerprint density at radius 3 is 2.54 bits per heavy atom. The van der Waals surface area contributed by atoms with Crippen LogP contribution < -0.4 is 0 Å². The molecule has 2 heteroatoms. The van der Waals surface area contributed by atoms with Crippen molar-refractivity contribution >= 4 is 0 Å². The Hall–Kier alpha value is -1.04. The van der Waals surface area contributed by atoms with E-state index in [1.54, 1.807) is 20.3 Å². The van der Waals surface area contributed by atoms with Crippen LogP contribution >= 0.6 is 0 Å². The van der Waals surface area contributed by atoms with Crippen molar-refractivity contribution in [3.8, 4) is 11.8 Å². The molecule has 72 valence electrons. The Kier molecular flexibility index (Phi) is 8.33. The minimum atomic E-state index is -0.114. The van der Waals surface area contributed by atoms with Gasteiger partial charge < -0.3 is 9.47 Å². The molecular formula is C11H16O2. The van der Waals surface area contributed by atoms with E-state index < -0.39 is 0 Å². The summed E-state index contributed by atoms with van der Waals surface area (Å²) in [7, 11) is 3.27. The van der Waals surface area contributed by atoms with Crippen molar-refractivity contribution in [2.45, 2.75) is 19.1 Å². The van der Waals surface area contributed by atoms with Crippen LogP contribution in [-0.4, -0.2) is 20.5 Å². The summed E-state index contributed by atoms with van der Waals surface area (Å²) in [4.78, 5) is 0. The van der Waals surface area contributed by atoms with Crippen LogP contribution in [0.1, 0.15) is 12.8 Å². The molecule has 0 amide bonds. The fourth-order valence-corrected chi connectivity index (χ4v) is 0.814. The third-order valence-corrected chi connectivity index (χ3v) is 1.48. The summed E-state index contributed by atoms with van der Waals surface area (Å²) in [5.41, 5.74) is 0. The molecule has 0 radical (unpaired) electrons. The summed E-state index contributed by atoms with van der Waals surface area (Å²) in [6, 6.07) is 0. The highest BCUT2D eigenvalue weighted by Crippen LogP contribution is 2.01. The van der Waals surface area contributed by atoms with Crippen molar-refractivity contribution in [1.29, 1.82) is 0 Å². The van der Waals surface area contributed by atoms with Gasteiger partial charge in [0.2, 0.25) is 0 Å². The van der Waals surface area contributed by atoms with Crippen molar-refractivity contribution in [3.63, 3.8) is 0 Å². The molecule has 13 heavy (non-hydrogen) atoms. The van der Waals surface area contributed by atoms with E-state index in [9.17, 15) is 0 Å². The van der Waals surface area contributed by atoms with Crippen LogP contribution in [0.25, 0.3) is 0 Å². The second-order valence-corrected chi connectivity index (χ2v) is 2.37. The Balaban J connectivity index is 3.53. The van der Waals surface area contributed by atoms with Crippen molar-refractivity contribution in [3.05, 3.63) is 24.8 Å². The maximum Gasteiger partial charge on any atom is 0.157 e. The summed E-state index contributed by atoms with van der Waals surface area (Å²) in [6.45, 7) is 3.49. The first-order chi connectivity index (χ1) is 6.35. The lowest BCUT2D eigenvalue weighted by molar-refractivity contribution is -0.105. The third kappa shape index (κ3) is 7.32. The molecule has 2 nitrogen and oxygen atoms in total. The first-order valence-electron chi connectivity index (χ1n) is 4.17. The number of ether oxygens (including phenoxy) is 2. The molecule has 0 atom stereocenters. The topological polar surface area (TPSA) is 18.5 Å². The minimum Gasteiger partial charge on any atom is -0.356 e. The lowest BCUT2D eigenvalue weighted by atomic mass is 10.3. The molecule has 0 saturated carbocycles. The molecule has 0 aliphatic heterocycles. The summed E-state index contributed by atoms with van der Waals surface area (Å²) < 4.78 is 10.0. The standard InChI is InChI=1S/C11H16O2/c1-4-5-6-7-8-9-10-11(12-2)13-3/h4,7-8,11H,1,9-10H2,2-3H3. The summed E-state index contributed by atoms with van der Waals surface area (Å²) in [6.07, 6.45) is 7.00. The van der Waals surface area contributed by atoms with Crippen LogP contribution in [0.4, 0.5) is 0 Å². The first-order valence-corrected chi connectivity index (χ1v) is 4.17. The SMILES string of the molecule is C=CC#CC=CCCC(OC)OC. The maximum atomic E-state index is 5.02. The van der Waals surface area contributed by atoms with Gasteiger partial charge in [0.1, 0.15) is 0 Å². The largest absolute Gasteiger partial charge is 0.356 e. The van der Waals surface area contributed by atoms with E-state index in [4.69, 9.17) is 9.47 Å². The highest BCUT2D eigenvalue weighted by Gasteiger charge is 2.01. The third-order valence-electron chi connectivity index (χ3n) is 1.48. The Bertz CT molecular complexity index is 204. The van der Waals surface area contributed by atoms with E-state index >= 15 is 0 Å². The molecule has 0 aromatic heterocycles. The second kappa shape index (κ2) is 9.05. The zero-order valence-electron chi connectivity index (χ0n) is 8.25. The van der Waals surface area contributed by atoms with Gasteiger partial charge in [0.05, 0.1) is 0 Å². The van der Waals surface area contributed by atoms with Crippen molar-refractivity contribution < 1.29 is 9.47 Å². The summed E-state index contributed by atoms with van der Waals surface area (Å²) in [5, 5.41) is 0. The van der Waals surface area contributed by atoms with Gasteiger partial charge in [-0.25, -0.2) is 0 Å². The first kappa shape index (κ1) is 12.0. The summed E-state index contributed by atoms with van der Waals surface area (Å²) >= 11 is 0. The molecule has 0 spiro atoms. The number of hydrogen-bond acceptors (Lipinski definition) is 2. The predicted molar refractivity (Wildman–Crippen MR) is 54.2 cm³/mol. The monoisotopic (exact) mass is 180 g/mol. The normalized spacial score (nSPS) is 10.1. The van der Waals surface area contributed by atoms with Gasteiger partial charge in [0, 0.05) is 20.6 Å². The van der Waals surface area contributed by atoms with Gasteiger partial charge in [0.15, 0.2) is 6.29 Å². The van der Waals surface area contributed by atoms with Crippen molar-refractivity contribution in [2.75, 3.05) is 14.2 Å². The van der Waals surface area contributed by atoms with E-state index in [1.165, 1.54) is 0 Å². The van der Waals surface area contributed by atoms with E-state index in [2.05, 4.69) is 18.4 Å². The lowest BCUT2D eigenvalue weighted by Gasteiger charge is -2.10. The molecule has 0 aromatic carbocycles. The van der Waals surface area contributed by atoms with E-state index in [1.807, 2.05) is 12.2 Å². The molecule has 0 aliphatic rings. The van der Waals surface area contributed by atoms with Crippen LogP contribution in [0.2, 0.25) is 0 Å². The molecule has 0 aliphatic carbocycles. The second-order valence-electron chi connectivity index (χ2n) is 2.37. The van der Waals surface area contributed by atoms with Gasteiger partial charge in [-0.2, -0.15) is 0 Å². The van der Waals surface area contributed by atoms with Crippen molar-refractivity contribution in [2.24, 2.45) is 0 Å². The van der Waals surface area contributed by atoms with E-state index in [-0.39, 0.29) is 6.29 Å². The highest BCUT2D eigenvalue weighted by atomic mass is 16.7. The number of methoxy groups -OCH3 is 2.